The second-order valence-corrected chi connectivity index (χ2v) is 6.42. The van der Waals surface area contributed by atoms with Gasteiger partial charge in [0, 0.05) is 31.3 Å². The third kappa shape index (κ3) is 2.41. The standard InChI is InChI=1S/C15H24N4O2/c1-9(2)14-12-8-18(15(21)16-3)5-4-13(12)19(17-14)10-6-11(20)7-10/h9-11,20H,4-8H2,1-3H3,(H,16,21). The highest BCUT2D eigenvalue weighted by atomic mass is 16.3. The summed E-state index contributed by atoms with van der Waals surface area (Å²) < 4.78 is 2.12. The van der Waals surface area contributed by atoms with Crippen molar-refractivity contribution in [2.24, 2.45) is 0 Å². The van der Waals surface area contributed by atoms with Crippen molar-refractivity contribution in [2.75, 3.05) is 13.6 Å². The fourth-order valence-electron chi connectivity index (χ4n) is 3.33. The molecule has 1 aromatic rings. The number of rotatable bonds is 2. The molecule has 2 amide bonds. The van der Waals surface area contributed by atoms with Gasteiger partial charge in [-0.05, 0) is 18.8 Å². The Morgan fingerprint density at radius 1 is 1.43 bits per heavy atom. The molecule has 2 heterocycles. The van der Waals surface area contributed by atoms with Gasteiger partial charge in [-0.25, -0.2) is 4.79 Å². The lowest BCUT2D eigenvalue weighted by Gasteiger charge is -2.34. The van der Waals surface area contributed by atoms with Crippen molar-refractivity contribution in [1.29, 1.82) is 0 Å². The van der Waals surface area contributed by atoms with Crippen LogP contribution in [0.1, 0.15) is 55.6 Å². The second kappa shape index (κ2) is 5.33. The molecule has 1 aliphatic carbocycles. The molecule has 21 heavy (non-hydrogen) atoms. The summed E-state index contributed by atoms with van der Waals surface area (Å²) in [7, 11) is 1.67. The van der Waals surface area contributed by atoms with Gasteiger partial charge in [-0.15, -0.1) is 0 Å². The Balaban J connectivity index is 1.92. The van der Waals surface area contributed by atoms with Gasteiger partial charge in [0.05, 0.1) is 24.4 Å². The summed E-state index contributed by atoms with van der Waals surface area (Å²) in [5, 5.41) is 17.1. The second-order valence-electron chi connectivity index (χ2n) is 6.42. The highest BCUT2D eigenvalue weighted by Gasteiger charge is 2.35. The zero-order chi connectivity index (χ0) is 15.1. The first-order valence-electron chi connectivity index (χ1n) is 7.76. The Morgan fingerprint density at radius 3 is 2.71 bits per heavy atom. The Hall–Kier alpha value is -1.56. The van der Waals surface area contributed by atoms with Crippen molar-refractivity contribution in [1.82, 2.24) is 20.0 Å². The highest BCUT2D eigenvalue weighted by Crippen LogP contribution is 2.37. The normalized spacial score (nSPS) is 24.7. The van der Waals surface area contributed by atoms with E-state index in [-0.39, 0.29) is 12.1 Å². The van der Waals surface area contributed by atoms with Crippen LogP contribution >= 0.6 is 0 Å². The Morgan fingerprint density at radius 2 is 2.14 bits per heavy atom. The van der Waals surface area contributed by atoms with E-state index >= 15 is 0 Å². The molecule has 6 nitrogen and oxygen atoms in total. The van der Waals surface area contributed by atoms with E-state index in [1.54, 1.807) is 7.05 Å². The number of carbonyl (C=O) groups is 1. The SMILES string of the molecule is CNC(=O)N1CCc2c(c(C(C)C)nn2C2CC(O)C2)C1. The Kier molecular flexibility index (Phi) is 3.65. The van der Waals surface area contributed by atoms with E-state index in [0.29, 0.717) is 18.5 Å². The van der Waals surface area contributed by atoms with Gasteiger partial charge in [-0.1, -0.05) is 13.8 Å². The van der Waals surface area contributed by atoms with E-state index in [0.717, 1.165) is 31.5 Å². The third-order valence-corrected chi connectivity index (χ3v) is 4.60. The topological polar surface area (TPSA) is 70.4 Å². The van der Waals surface area contributed by atoms with Crippen LogP contribution in [-0.2, 0) is 13.0 Å². The fourth-order valence-corrected chi connectivity index (χ4v) is 3.33. The van der Waals surface area contributed by atoms with Crippen LogP contribution < -0.4 is 5.32 Å². The highest BCUT2D eigenvalue weighted by molar-refractivity contribution is 5.74. The summed E-state index contributed by atoms with van der Waals surface area (Å²) in [6.45, 7) is 5.64. The van der Waals surface area contributed by atoms with Crippen LogP contribution in [0, 0.1) is 0 Å². The quantitative estimate of drug-likeness (QED) is 0.865. The number of nitrogens with one attached hydrogen (secondary N) is 1. The van der Waals surface area contributed by atoms with Crippen LogP contribution in [0.3, 0.4) is 0 Å². The lowest BCUT2D eigenvalue weighted by molar-refractivity contribution is 0.0416. The first kappa shape index (κ1) is 14.4. The monoisotopic (exact) mass is 292 g/mol. The van der Waals surface area contributed by atoms with Gasteiger partial charge in [-0.2, -0.15) is 5.10 Å². The summed E-state index contributed by atoms with van der Waals surface area (Å²) in [6, 6.07) is 0.301. The molecule has 116 valence electrons. The molecule has 1 aromatic heterocycles. The number of fused-ring (bicyclic) bond motifs is 1. The molecule has 0 aromatic carbocycles. The van der Waals surface area contributed by atoms with Gasteiger partial charge in [-0.3, -0.25) is 4.68 Å². The number of hydrogen-bond donors (Lipinski definition) is 2. The minimum atomic E-state index is -0.177. The molecule has 0 unspecified atom stereocenters. The molecule has 0 radical (unpaired) electrons. The third-order valence-electron chi connectivity index (χ3n) is 4.60. The zero-order valence-electron chi connectivity index (χ0n) is 13.0. The average molecular weight is 292 g/mol. The summed E-state index contributed by atoms with van der Waals surface area (Å²) in [5.74, 6) is 0.342. The first-order valence-corrected chi connectivity index (χ1v) is 7.76. The van der Waals surface area contributed by atoms with Crippen LogP contribution in [0.2, 0.25) is 0 Å². The number of nitrogens with zero attached hydrogens (tertiary/aromatic N) is 3. The number of aliphatic hydroxyl groups excluding tert-OH is 1. The van der Waals surface area contributed by atoms with Gasteiger partial charge in [0.25, 0.3) is 0 Å². The van der Waals surface area contributed by atoms with Crippen LogP contribution in [-0.4, -0.2) is 45.5 Å². The zero-order valence-corrected chi connectivity index (χ0v) is 13.0. The van der Waals surface area contributed by atoms with Crippen molar-refractivity contribution >= 4 is 6.03 Å². The maximum atomic E-state index is 11.9. The van der Waals surface area contributed by atoms with Gasteiger partial charge >= 0.3 is 6.03 Å². The van der Waals surface area contributed by atoms with E-state index in [1.807, 2.05) is 4.90 Å². The Labute approximate surface area is 125 Å². The molecular formula is C15H24N4O2. The largest absolute Gasteiger partial charge is 0.393 e. The first-order chi connectivity index (χ1) is 10.0. The van der Waals surface area contributed by atoms with Crippen LogP contribution in [0.4, 0.5) is 4.79 Å². The summed E-state index contributed by atoms with van der Waals surface area (Å²) >= 11 is 0. The van der Waals surface area contributed by atoms with Gasteiger partial charge in [0.1, 0.15) is 0 Å². The minimum absolute atomic E-state index is 0.0258. The maximum absolute atomic E-state index is 11.9. The molecule has 3 rings (SSSR count). The number of carbonyl (C=O) groups excluding carboxylic acids is 1. The van der Waals surface area contributed by atoms with Crippen molar-refractivity contribution in [2.45, 2.75) is 57.7 Å². The molecule has 0 saturated heterocycles. The van der Waals surface area contributed by atoms with E-state index < -0.39 is 0 Å². The number of aromatic nitrogens is 2. The fraction of sp³-hybridized carbons (Fsp3) is 0.733. The van der Waals surface area contributed by atoms with Gasteiger partial charge in [0.15, 0.2) is 0 Å². The predicted octanol–water partition coefficient (Wildman–Crippen LogP) is 1.40. The van der Waals surface area contributed by atoms with Crippen LogP contribution in [0.5, 0.6) is 0 Å². The number of urea groups is 1. The lowest BCUT2D eigenvalue weighted by atomic mass is 9.89. The average Bonchev–Trinajstić information content (AvgIpc) is 2.81. The van der Waals surface area contributed by atoms with E-state index in [9.17, 15) is 9.90 Å². The molecular weight excluding hydrogens is 268 g/mol. The minimum Gasteiger partial charge on any atom is -0.393 e. The lowest BCUT2D eigenvalue weighted by Crippen LogP contribution is -2.42. The molecule has 1 aliphatic heterocycles. The van der Waals surface area contributed by atoms with Crippen LogP contribution in [0.25, 0.3) is 0 Å². The van der Waals surface area contributed by atoms with E-state index in [4.69, 9.17) is 5.10 Å². The predicted molar refractivity (Wildman–Crippen MR) is 79.2 cm³/mol. The van der Waals surface area contributed by atoms with Crippen LogP contribution in [0.15, 0.2) is 0 Å². The van der Waals surface area contributed by atoms with Crippen molar-refractivity contribution < 1.29 is 9.90 Å². The number of aliphatic hydroxyl groups is 1. The molecule has 1 fully saturated rings. The van der Waals surface area contributed by atoms with Crippen molar-refractivity contribution in [3.63, 3.8) is 0 Å². The molecule has 6 heteroatoms. The molecule has 1 saturated carbocycles. The van der Waals surface area contributed by atoms with Gasteiger partial charge in [0.2, 0.25) is 0 Å². The summed E-state index contributed by atoms with van der Waals surface area (Å²) in [6.07, 6.45) is 2.26. The molecule has 0 atom stereocenters. The van der Waals surface area contributed by atoms with Crippen molar-refractivity contribution in [3.05, 3.63) is 17.0 Å². The molecule has 0 spiro atoms. The number of amides is 2. The maximum Gasteiger partial charge on any atom is 0.317 e. The van der Waals surface area contributed by atoms with Gasteiger partial charge < -0.3 is 15.3 Å². The molecule has 2 aliphatic rings. The van der Waals surface area contributed by atoms with E-state index in [1.165, 1.54) is 11.3 Å². The Bertz CT molecular complexity index is 546. The van der Waals surface area contributed by atoms with E-state index in [2.05, 4.69) is 23.8 Å². The summed E-state index contributed by atoms with van der Waals surface area (Å²) in [4.78, 5) is 13.7. The summed E-state index contributed by atoms with van der Waals surface area (Å²) in [5.41, 5.74) is 3.57. The number of hydrogen-bond acceptors (Lipinski definition) is 3. The smallest absolute Gasteiger partial charge is 0.317 e. The van der Waals surface area contributed by atoms with Crippen molar-refractivity contribution in [3.8, 4) is 0 Å². The molecule has 0 bridgehead atoms. The molecule has 2 N–H and O–H groups in total.